The molecule has 0 spiro atoms. The lowest BCUT2D eigenvalue weighted by atomic mass is 10.3. The highest BCUT2D eigenvalue weighted by molar-refractivity contribution is 9.10. The number of nitrogens with zero attached hydrogens (tertiary/aromatic N) is 1. The van der Waals surface area contributed by atoms with Crippen LogP contribution < -0.4 is 5.32 Å². The van der Waals surface area contributed by atoms with Crippen LogP contribution in [0.15, 0.2) is 47.1 Å². The van der Waals surface area contributed by atoms with Gasteiger partial charge in [0.25, 0.3) is 5.91 Å². The van der Waals surface area contributed by atoms with E-state index in [4.69, 9.17) is 0 Å². The molecule has 1 aromatic heterocycles. The van der Waals surface area contributed by atoms with E-state index in [1.54, 1.807) is 0 Å². The Kier molecular flexibility index (Phi) is 2.96. The van der Waals surface area contributed by atoms with Crippen LogP contribution >= 0.6 is 15.9 Å². The number of nitrogens with one attached hydrogen (secondary N) is 1. The highest BCUT2D eigenvalue weighted by Gasteiger charge is 2.26. The van der Waals surface area contributed by atoms with Crippen LogP contribution in [0.4, 0.5) is 5.69 Å². The zero-order chi connectivity index (χ0) is 12.5. The Bertz CT molecular complexity index is 587. The summed E-state index contributed by atoms with van der Waals surface area (Å²) >= 11 is 3.39. The molecule has 4 heteroatoms. The summed E-state index contributed by atoms with van der Waals surface area (Å²) < 4.78 is 3.02. The average molecular weight is 305 g/mol. The van der Waals surface area contributed by atoms with Gasteiger partial charge >= 0.3 is 0 Å². The highest BCUT2D eigenvalue weighted by atomic mass is 79.9. The van der Waals surface area contributed by atoms with E-state index in [0.29, 0.717) is 6.04 Å². The van der Waals surface area contributed by atoms with E-state index in [-0.39, 0.29) is 5.91 Å². The van der Waals surface area contributed by atoms with Gasteiger partial charge in [0.15, 0.2) is 0 Å². The van der Waals surface area contributed by atoms with E-state index >= 15 is 0 Å². The Morgan fingerprint density at radius 3 is 2.83 bits per heavy atom. The number of carbonyl (C=O) groups is 1. The summed E-state index contributed by atoms with van der Waals surface area (Å²) in [7, 11) is 0. The molecule has 0 aliphatic heterocycles. The van der Waals surface area contributed by atoms with Gasteiger partial charge in [-0.15, -0.1) is 0 Å². The summed E-state index contributed by atoms with van der Waals surface area (Å²) in [5, 5.41) is 2.92. The van der Waals surface area contributed by atoms with Gasteiger partial charge in [0.1, 0.15) is 5.69 Å². The first-order valence-electron chi connectivity index (χ1n) is 5.98. The fraction of sp³-hybridized carbons (Fsp3) is 0.214. The Morgan fingerprint density at radius 2 is 2.11 bits per heavy atom. The number of rotatable bonds is 3. The second-order valence-electron chi connectivity index (χ2n) is 4.50. The minimum Gasteiger partial charge on any atom is -0.340 e. The predicted octanol–water partition coefficient (Wildman–Crippen LogP) is 3.84. The van der Waals surface area contributed by atoms with E-state index in [0.717, 1.165) is 15.9 Å². The highest BCUT2D eigenvalue weighted by Crippen LogP contribution is 2.36. The van der Waals surface area contributed by atoms with Gasteiger partial charge in [0.05, 0.1) is 0 Å². The van der Waals surface area contributed by atoms with Crippen molar-refractivity contribution in [3.63, 3.8) is 0 Å². The van der Waals surface area contributed by atoms with Crippen LogP contribution in [0.2, 0.25) is 0 Å². The van der Waals surface area contributed by atoms with Crippen molar-refractivity contribution in [2.24, 2.45) is 0 Å². The average Bonchev–Trinajstić information content (AvgIpc) is 3.06. The molecule has 3 nitrogen and oxygen atoms in total. The number of benzene rings is 1. The Morgan fingerprint density at radius 1 is 1.28 bits per heavy atom. The Labute approximate surface area is 114 Å². The topological polar surface area (TPSA) is 34.0 Å². The van der Waals surface area contributed by atoms with Crippen molar-refractivity contribution in [2.75, 3.05) is 5.32 Å². The molecule has 1 N–H and O–H groups in total. The third-order valence-corrected chi connectivity index (χ3v) is 3.53. The molecule has 1 amide bonds. The SMILES string of the molecule is O=C(Nc1cccc(Br)c1)c1cccn1C1CC1. The monoisotopic (exact) mass is 304 g/mol. The zero-order valence-corrected chi connectivity index (χ0v) is 11.4. The number of anilines is 1. The largest absolute Gasteiger partial charge is 0.340 e. The van der Waals surface area contributed by atoms with Gasteiger partial charge in [0.2, 0.25) is 0 Å². The maximum Gasteiger partial charge on any atom is 0.272 e. The molecular formula is C14H13BrN2O. The van der Waals surface area contributed by atoms with E-state index in [1.807, 2.05) is 42.6 Å². The molecule has 1 aromatic carbocycles. The molecule has 0 saturated heterocycles. The van der Waals surface area contributed by atoms with Gasteiger partial charge in [-0.2, -0.15) is 0 Å². The Hall–Kier alpha value is -1.55. The minimum absolute atomic E-state index is 0.0509. The normalized spacial score (nSPS) is 14.5. The predicted molar refractivity (Wildman–Crippen MR) is 74.8 cm³/mol. The first-order chi connectivity index (χ1) is 8.74. The zero-order valence-electron chi connectivity index (χ0n) is 9.77. The number of carbonyl (C=O) groups excluding carboxylic acids is 1. The second-order valence-corrected chi connectivity index (χ2v) is 5.41. The van der Waals surface area contributed by atoms with Crippen molar-refractivity contribution in [1.82, 2.24) is 4.57 Å². The molecule has 2 aromatic rings. The lowest BCUT2D eigenvalue weighted by Gasteiger charge is -2.09. The summed E-state index contributed by atoms with van der Waals surface area (Å²) in [4.78, 5) is 12.2. The van der Waals surface area contributed by atoms with E-state index in [2.05, 4.69) is 25.8 Å². The van der Waals surface area contributed by atoms with Gasteiger partial charge in [-0.1, -0.05) is 22.0 Å². The molecule has 0 radical (unpaired) electrons. The lowest BCUT2D eigenvalue weighted by molar-refractivity contribution is 0.101. The summed E-state index contributed by atoms with van der Waals surface area (Å²) in [5.74, 6) is -0.0509. The van der Waals surface area contributed by atoms with Crippen LogP contribution in [0.5, 0.6) is 0 Å². The number of amides is 1. The molecule has 1 saturated carbocycles. The maximum atomic E-state index is 12.2. The Balaban J connectivity index is 1.80. The van der Waals surface area contributed by atoms with E-state index in [9.17, 15) is 4.79 Å². The maximum absolute atomic E-state index is 12.2. The molecule has 1 heterocycles. The second kappa shape index (κ2) is 4.61. The van der Waals surface area contributed by atoms with Gasteiger partial charge in [-0.25, -0.2) is 0 Å². The van der Waals surface area contributed by atoms with Crippen molar-refractivity contribution in [3.05, 3.63) is 52.8 Å². The third-order valence-electron chi connectivity index (χ3n) is 3.03. The molecule has 1 fully saturated rings. The van der Waals surface area contributed by atoms with Crippen LogP contribution in [0.25, 0.3) is 0 Å². The summed E-state index contributed by atoms with van der Waals surface area (Å²) in [6.45, 7) is 0. The minimum atomic E-state index is -0.0509. The van der Waals surface area contributed by atoms with Gasteiger partial charge in [-0.3, -0.25) is 4.79 Å². The van der Waals surface area contributed by atoms with Crippen LogP contribution in [0.3, 0.4) is 0 Å². The molecule has 3 rings (SSSR count). The molecule has 18 heavy (non-hydrogen) atoms. The fourth-order valence-corrected chi connectivity index (χ4v) is 2.42. The van der Waals surface area contributed by atoms with Gasteiger partial charge in [-0.05, 0) is 43.2 Å². The van der Waals surface area contributed by atoms with E-state index < -0.39 is 0 Å². The van der Waals surface area contributed by atoms with Crippen molar-refractivity contribution < 1.29 is 4.79 Å². The van der Waals surface area contributed by atoms with Crippen LogP contribution in [-0.4, -0.2) is 10.5 Å². The molecule has 0 bridgehead atoms. The number of halogens is 1. The molecule has 1 aliphatic rings. The van der Waals surface area contributed by atoms with Crippen LogP contribution in [0, 0.1) is 0 Å². The van der Waals surface area contributed by atoms with Gasteiger partial charge in [0, 0.05) is 22.4 Å². The van der Waals surface area contributed by atoms with Gasteiger partial charge < -0.3 is 9.88 Å². The van der Waals surface area contributed by atoms with Crippen LogP contribution in [0.1, 0.15) is 29.4 Å². The number of hydrogen-bond acceptors (Lipinski definition) is 1. The third kappa shape index (κ3) is 2.34. The summed E-state index contributed by atoms with van der Waals surface area (Å²) in [6.07, 6.45) is 4.32. The molecule has 92 valence electrons. The molecular weight excluding hydrogens is 292 g/mol. The number of aromatic nitrogens is 1. The van der Waals surface area contributed by atoms with Crippen molar-refractivity contribution in [2.45, 2.75) is 18.9 Å². The molecule has 1 aliphatic carbocycles. The summed E-state index contributed by atoms with van der Waals surface area (Å²) in [6, 6.07) is 11.9. The van der Waals surface area contributed by atoms with Crippen molar-refractivity contribution >= 4 is 27.5 Å². The van der Waals surface area contributed by atoms with Crippen molar-refractivity contribution in [1.29, 1.82) is 0 Å². The first-order valence-corrected chi connectivity index (χ1v) is 6.77. The van der Waals surface area contributed by atoms with E-state index in [1.165, 1.54) is 12.8 Å². The standard InChI is InChI=1S/C14H13BrN2O/c15-10-3-1-4-11(9-10)16-14(18)13-5-2-8-17(13)12-6-7-12/h1-5,8-9,12H,6-7H2,(H,16,18). The van der Waals surface area contributed by atoms with Crippen LogP contribution in [-0.2, 0) is 0 Å². The smallest absolute Gasteiger partial charge is 0.272 e. The molecule has 0 atom stereocenters. The number of hydrogen-bond donors (Lipinski definition) is 1. The quantitative estimate of drug-likeness (QED) is 0.918. The molecule has 0 unspecified atom stereocenters. The fourth-order valence-electron chi connectivity index (χ4n) is 2.02. The summed E-state index contributed by atoms with van der Waals surface area (Å²) in [5.41, 5.74) is 1.54. The first kappa shape index (κ1) is 11.5. The lowest BCUT2D eigenvalue weighted by Crippen LogP contribution is -2.16. The van der Waals surface area contributed by atoms with Crippen molar-refractivity contribution in [3.8, 4) is 0 Å².